The minimum Gasteiger partial charge on any atom is -0.493 e. The largest absolute Gasteiger partial charge is 0.493 e. The van der Waals surface area contributed by atoms with Crippen LogP contribution in [0.15, 0.2) is 28.8 Å². The first kappa shape index (κ1) is 18.0. The van der Waals surface area contributed by atoms with Crippen LogP contribution in [0.1, 0.15) is 18.9 Å². The predicted molar refractivity (Wildman–Crippen MR) is 89.2 cm³/mol. The molecule has 0 saturated carbocycles. The normalized spacial score (nSPS) is 10.5. The van der Waals surface area contributed by atoms with Crippen LogP contribution in [-0.4, -0.2) is 34.0 Å². The Balaban J connectivity index is 2.69. The van der Waals surface area contributed by atoms with Gasteiger partial charge in [-0.25, -0.2) is 0 Å². The molecule has 0 aliphatic rings. The molecule has 1 aromatic rings. The lowest BCUT2D eigenvalue weighted by Crippen LogP contribution is -2.18. The Hall–Kier alpha value is -1.04. The van der Waals surface area contributed by atoms with E-state index in [-0.39, 0.29) is 0 Å². The van der Waals surface area contributed by atoms with Gasteiger partial charge in [-0.3, -0.25) is 0 Å². The molecule has 0 amide bonds. The summed E-state index contributed by atoms with van der Waals surface area (Å²) < 4.78 is 17.1. The summed E-state index contributed by atoms with van der Waals surface area (Å²) in [6.07, 6.45) is 0.829. The number of benzene rings is 1. The molecule has 1 N–H and O–H groups in total. The van der Waals surface area contributed by atoms with Gasteiger partial charge in [0.15, 0.2) is 11.5 Å². The molecule has 0 fully saturated rings. The van der Waals surface area contributed by atoms with Gasteiger partial charge in [0.25, 0.3) is 0 Å². The first-order valence-electron chi connectivity index (χ1n) is 6.91. The van der Waals surface area contributed by atoms with Crippen molar-refractivity contribution in [2.75, 3.05) is 34.0 Å². The van der Waals surface area contributed by atoms with E-state index in [0.717, 1.165) is 46.6 Å². The number of rotatable bonds is 10. The second-order valence-electron chi connectivity index (χ2n) is 4.83. The highest BCUT2D eigenvalue weighted by Gasteiger charge is 2.11. The molecule has 0 bridgehead atoms. The fraction of sp³-hybridized carbons (Fsp3) is 0.500. The van der Waals surface area contributed by atoms with Crippen LogP contribution in [0, 0.1) is 0 Å². The smallest absolute Gasteiger partial charge is 0.175 e. The lowest BCUT2D eigenvalue weighted by Gasteiger charge is -2.15. The zero-order valence-corrected chi connectivity index (χ0v) is 14.6. The monoisotopic (exact) mass is 357 g/mol. The van der Waals surface area contributed by atoms with E-state index in [1.54, 1.807) is 14.2 Å². The van der Waals surface area contributed by atoms with Gasteiger partial charge in [0.05, 0.1) is 24.8 Å². The Labute approximate surface area is 135 Å². The van der Waals surface area contributed by atoms with Crippen molar-refractivity contribution in [3.63, 3.8) is 0 Å². The first-order chi connectivity index (χ1) is 10.1. The summed E-state index contributed by atoms with van der Waals surface area (Å²) in [6, 6.07) is 4.03. The molecule has 1 rings (SSSR count). The van der Waals surface area contributed by atoms with Gasteiger partial charge in [-0.1, -0.05) is 5.57 Å². The van der Waals surface area contributed by atoms with E-state index < -0.39 is 0 Å². The summed E-state index contributed by atoms with van der Waals surface area (Å²) in [5, 5.41) is 3.30. The maximum Gasteiger partial charge on any atom is 0.175 e. The fourth-order valence-corrected chi connectivity index (χ4v) is 2.35. The van der Waals surface area contributed by atoms with Gasteiger partial charge < -0.3 is 19.5 Å². The number of ether oxygens (including phenoxy) is 3. The predicted octanol–water partition coefficient (Wildman–Crippen LogP) is 3.54. The van der Waals surface area contributed by atoms with E-state index in [9.17, 15) is 0 Å². The Morgan fingerprint density at radius 2 is 2.05 bits per heavy atom. The molecule has 0 spiro atoms. The number of hydrogen-bond acceptors (Lipinski definition) is 4. The van der Waals surface area contributed by atoms with Crippen molar-refractivity contribution in [1.82, 2.24) is 5.32 Å². The quantitative estimate of drug-likeness (QED) is 0.513. The molecular weight excluding hydrogens is 334 g/mol. The summed E-state index contributed by atoms with van der Waals surface area (Å²) in [7, 11) is 3.34. The summed E-state index contributed by atoms with van der Waals surface area (Å²) in [5.74, 6) is 1.47. The molecule has 0 saturated heterocycles. The van der Waals surface area contributed by atoms with Gasteiger partial charge >= 0.3 is 0 Å². The summed E-state index contributed by atoms with van der Waals surface area (Å²) in [4.78, 5) is 0. The van der Waals surface area contributed by atoms with Crippen LogP contribution in [0.4, 0.5) is 0 Å². The number of halogens is 1. The van der Waals surface area contributed by atoms with Crippen LogP contribution < -0.4 is 14.8 Å². The molecule has 0 atom stereocenters. The molecule has 0 aromatic heterocycles. The van der Waals surface area contributed by atoms with Crippen LogP contribution in [0.25, 0.3) is 0 Å². The molecular formula is C16H24BrNO3. The molecule has 5 heteroatoms. The first-order valence-corrected chi connectivity index (χ1v) is 7.71. The third-order valence-corrected chi connectivity index (χ3v) is 3.47. The molecule has 0 radical (unpaired) electrons. The van der Waals surface area contributed by atoms with Crippen LogP contribution in [0.5, 0.6) is 11.5 Å². The highest BCUT2D eigenvalue weighted by atomic mass is 79.9. The van der Waals surface area contributed by atoms with Crippen molar-refractivity contribution in [1.29, 1.82) is 0 Å². The Bertz CT molecular complexity index is 463. The van der Waals surface area contributed by atoms with E-state index in [0.29, 0.717) is 13.2 Å². The fourth-order valence-electron chi connectivity index (χ4n) is 1.75. The van der Waals surface area contributed by atoms with Gasteiger partial charge in [0.2, 0.25) is 0 Å². The van der Waals surface area contributed by atoms with E-state index >= 15 is 0 Å². The topological polar surface area (TPSA) is 39.7 Å². The number of nitrogens with one attached hydrogen (secondary N) is 1. The van der Waals surface area contributed by atoms with Crippen molar-refractivity contribution >= 4 is 15.9 Å². The maximum atomic E-state index is 5.79. The van der Waals surface area contributed by atoms with E-state index in [1.807, 2.05) is 19.1 Å². The zero-order chi connectivity index (χ0) is 15.7. The number of methoxy groups -OCH3 is 2. The molecule has 21 heavy (non-hydrogen) atoms. The molecule has 0 unspecified atom stereocenters. The third-order valence-electron chi connectivity index (χ3n) is 2.88. The highest BCUT2D eigenvalue weighted by Crippen LogP contribution is 2.36. The third kappa shape index (κ3) is 6.50. The van der Waals surface area contributed by atoms with Gasteiger partial charge in [0, 0.05) is 26.6 Å². The van der Waals surface area contributed by atoms with Crippen molar-refractivity contribution in [3.05, 3.63) is 34.3 Å². The lowest BCUT2D eigenvalue weighted by molar-refractivity contribution is 0.199. The number of hydrogen-bond donors (Lipinski definition) is 1. The molecule has 0 heterocycles. The second kappa shape index (κ2) is 9.82. The van der Waals surface area contributed by atoms with Crippen molar-refractivity contribution in [2.45, 2.75) is 19.9 Å². The summed E-state index contributed by atoms with van der Waals surface area (Å²) in [6.45, 7) is 8.72. The van der Waals surface area contributed by atoms with Crippen molar-refractivity contribution in [2.24, 2.45) is 0 Å². The Kier molecular flexibility index (Phi) is 8.42. The van der Waals surface area contributed by atoms with Gasteiger partial charge in [0.1, 0.15) is 0 Å². The molecule has 118 valence electrons. The van der Waals surface area contributed by atoms with Crippen LogP contribution in [0.2, 0.25) is 0 Å². The van der Waals surface area contributed by atoms with Crippen LogP contribution in [-0.2, 0) is 11.3 Å². The standard InChI is InChI=1S/C16H24BrNO3/c1-12(2)5-7-21-16-14(17)9-13(10-15(16)20-4)11-18-6-8-19-3/h9-10,18H,1,5-8,11H2,2-4H3. The molecule has 1 aromatic carbocycles. The summed E-state index contributed by atoms with van der Waals surface area (Å²) >= 11 is 3.55. The summed E-state index contributed by atoms with van der Waals surface area (Å²) in [5.41, 5.74) is 2.23. The average molecular weight is 358 g/mol. The molecule has 4 nitrogen and oxygen atoms in total. The average Bonchev–Trinajstić information content (AvgIpc) is 2.45. The van der Waals surface area contributed by atoms with Gasteiger partial charge in [-0.2, -0.15) is 0 Å². The van der Waals surface area contributed by atoms with E-state index in [1.165, 1.54) is 0 Å². The van der Waals surface area contributed by atoms with Gasteiger partial charge in [-0.05, 0) is 40.5 Å². The van der Waals surface area contributed by atoms with E-state index in [4.69, 9.17) is 14.2 Å². The SMILES string of the molecule is C=C(C)CCOc1c(Br)cc(CNCCOC)cc1OC. The minimum atomic E-state index is 0.593. The van der Waals surface area contributed by atoms with Crippen LogP contribution in [0.3, 0.4) is 0 Å². The lowest BCUT2D eigenvalue weighted by atomic mass is 10.2. The van der Waals surface area contributed by atoms with Crippen molar-refractivity contribution in [3.8, 4) is 11.5 Å². The zero-order valence-electron chi connectivity index (χ0n) is 13.0. The molecule has 0 aliphatic carbocycles. The maximum absolute atomic E-state index is 5.79. The van der Waals surface area contributed by atoms with Crippen LogP contribution >= 0.6 is 15.9 Å². The minimum absolute atomic E-state index is 0.593. The Morgan fingerprint density at radius 3 is 2.67 bits per heavy atom. The van der Waals surface area contributed by atoms with Gasteiger partial charge in [-0.15, -0.1) is 6.58 Å². The van der Waals surface area contributed by atoms with E-state index in [2.05, 4.69) is 27.8 Å². The van der Waals surface area contributed by atoms with Crippen molar-refractivity contribution < 1.29 is 14.2 Å². The Morgan fingerprint density at radius 1 is 1.29 bits per heavy atom. The highest BCUT2D eigenvalue weighted by molar-refractivity contribution is 9.10. The second-order valence-corrected chi connectivity index (χ2v) is 5.69. The molecule has 0 aliphatic heterocycles.